The second-order valence-electron chi connectivity index (χ2n) is 4.79. The Morgan fingerprint density at radius 2 is 1.96 bits per heavy atom. The van der Waals surface area contributed by atoms with E-state index in [1.54, 1.807) is 6.07 Å². The van der Waals surface area contributed by atoms with Gasteiger partial charge in [0.2, 0.25) is 17.7 Å². The average Bonchev–Trinajstić information content (AvgIpc) is 3.05. The van der Waals surface area contributed by atoms with E-state index in [0.29, 0.717) is 18.2 Å². The number of carbonyl (C=O) groups excluding carboxylic acids is 1. The van der Waals surface area contributed by atoms with E-state index in [4.69, 9.17) is 4.42 Å². The highest BCUT2D eigenvalue weighted by Crippen LogP contribution is 2.19. The predicted octanol–water partition coefficient (Wildman–Crippen LogP) is 2.41. The summed E-state index contributed by atoms with van der Waals surface area (Å²) in [6, 6.07) is 12.4. The number of nitrogens with zero attached hydrogens (tertiary/aromatic N) is 3. The van der Waals surface area contributed by atoms with E-state index < -0.39 is 0 Å². The van der Waals surface area contributed by atoms with E-state index >= 15 is 0 Å². The van der Waals surface area contributed by atoms with Crippen molar-refractivity contribution in [3.8, 4) is 17.2 Å². The van der Waals surface area contributed by atoms with Crippen LogP contribution in [0.1, 0.15) is 12.3 Å². The van der Waals surface area contributed by atoms with Crippen LogP contribution in [-0.2, 0) is 11.2 Å². The van der Waals surface area contributed by atoms with Crippen molar-refractivity contribution in [2.75, 3.05) is 5.32 Å². The van der Waals surface area contributed by atoms with Gasteiger partial charge in [0.05, 0.1) is 0 Å². The number of anilines is 1. The molecule has 0 saturated carbocycles. The van der Waals surface area contributed by atoms with E-state index in [1.165, 1.54) is 12.3 Å². The molecule has 0 atom stereocenters. The number of aromatic hydroxyl groups is 1. The lowest BCUT2D eigenvalue weighted by Crippen LogP contribution is -2.13. The number of carbonyl (C=O) groups is 1. The van der Waals surface area contributed by atoms with Crippen molar-refractivity contribution in [1.82, 2.24) is 15.2 Å². The molecular weight excluding hydrogens is 296 g/mol. The quantitative estimate of drug-likeness (QED) is 0.750. The first kappa shape index (κ1) is 14.7. The maximum Gasteiger partial charge on any atom is 0.247 e. The third-order valence-electron chi connectivity index (χ3n) is 3.10. The molecule has 2 heterocycles. The van der Waals surface area contributed by atoms with Gasteiger partial charge in [0, 0.05) is 24.6 Å². The monoisotopic (exact) mass is 310 g/mol. The minimum Gasteiger partial charge on any atom is -0.504 e. The Morgan fingerprint density at radius 3 is 2.74 bits per heavy atom. The number of pyridine rings is 1. The maximum atomic E-state index is 11.9. The molecule has 7 heteroatoms. The zero-order chi connectivity index (χ0) is 16.1. The van der Waals surface area contributed by atoms with Gasteiger partial charge in [0.15, 0.2) is 11.6 Å². The van der Waals surface area contributed by atoms with Crippen LogP contribution in [0.2, 0.25) is 0 Å². The van der Waals surface area contributed by atoms with Gasteiger partial charge in [0.25, 0.3) is 0 Å². The van der Waals surface area contributed by atoms with Gasteiger partial charge >= 0.3 is 0 Å². The SMILES string of the molecule is O=C(CCc1nnc(-c2ccccc2)o1)Nc1ncccc1O. The number of aromatic nitrogens is 3. The first-order chi connectivity index (χ1) is 11.2. The third-order valence-corrected chi connectivity index (χ3v) is 3.10. The third kappa shape index (κ3) is 3.70. The molecule has 0 unspecified atom stereocenters. The van der Waals surface area contributed by atoms with Gasteiger partial charge in [-0.25, -0.2) is 4.98 Å². The first-order valence-corrected chi connectivity index (χ1v) is 7.04. The number of nitrogens with one attached hydrogen (secondary N) is 1. The highest BCUT2D eigenvalue weighted by molar-refractivity contribution is 5.91. The summed E-state index contributed by atoms with van der Waals surface area (Å²) in [4.78, 5) is 15.7. The summed E-state index contributed by atoms with van der Waals surface area (Å²) in [6.07, 6.45) is 1.94. The Balaban J connectivity index is 1.58. The molecule has 0 saturated heterocycles. The lowest BCUT2D eigenvalue weighted by Gasteiger charge is -2.04. The van der Waals surface area contributed by atoms with Crippen molar-refractivity contribution in [2.24, 2.45) is 0 Å². The number of hydrogen-bond donors (Lipinski definition) is 2. The van der Waals surface area contributed by atoms with Crippen LogP contribution in [-0.4, -0.2) is 26.2 Å². The Labute approximate surface area is 132 Å². The van der Waals surface area contributed by atoms with Crippen molar-refractivity contribution >= 4 is 11.7 Å². The molecule has 3 aromatic rings. The smallest absolute Gasteiger partial charge is 0.247 e. The Morgan fingerprint density at radius 1 is 1.13 bits per heavy atom. The van der Waals surface area contributed by atoms with E-state index in [-0.39, 0.29) is 23.9 Å². The van der Waals surface area contributed by atoms with Gasteiger partial charge in [-0.15, -0.1) is 10.2 Å². The molecule has 3 rings (SSSR count). The Kier molecular flexibility index (Phi) is 4.28. The number of aryl methyl sites for hydroxylation is 1. The lowest BCUT2D eigenvalue weighted by atomic mass is 10.2. The summed E-state index contributed by atoms with van der Waals surface area (Å²) in [5.74, 6) is 0.559. The van der Waals surface area contributed by atoms with Crippen LogP contribution in [0.25, 0.3) is 11.5 Å². The standard InChI is InChI=1S/C16H14N4O3/c21-12-7-4-10-17-15(12)18-13(22)8-9-14-19-20-16(23-14)11-5-2-1-3-6-11/h1-7,10,21H,8-9H2,(H,17,18,22). The molecule has 1 aromatic carbocycles. The van der Waals surface area contributed by atoms with E-state index in [0.717, 1.165) is 5.56 Å². The molecule has 0 fully saturated rings. The second-order valence-corrected chi connectivity index (χ2v) is 4.79. The number of rotatable bonds is 5. The molecule has 0 aliphatic carbocycles. The van der Waals surface area contributed by atoms with Gasteiger partial charge in [-0.1, -0.05) is 18.2 Å². The topological polar surface area (TPSA) is 101 Å². The molecule has 0 aliphatic rings. The minimum absolute atomic E-state index is 0.0787. The number of benzene rings is 1. The van der Waals surface area contributed by atoms with Crippen molar-refractivity contribution < 1.29 is 14.3 Å². The molecule has 1 amide bonds. The molecule has 7 nitrogen and oxygen atoms in total. The highest BCUT2D eigenvalue weighted by atomic mass is 16.4. The summed E-state index contributed by atoms with van der Waals surface area (Å²) in [5.41, 5.74) is 0.828. The molecule has 116 valence electrons. The Hall–Kier alpha value is -3.22. The summed E-state index contributed by atoms with van der Waals surface area (Å²) in [6.45, 7) is 0. The summed E-state index contributed by atoms with van der Waals surface area (Å²) in [7, 11) is 0. The van der Waals surface area contributed by atoms with E-state index in [9.17, 15) is 9.90 Å². The van der Waals surface area contributed by atoms with Crippen LogP contribution < -0.4 is 5.32 Å². The number of amides is 1. The van der Waals surface area contributed by atoms with Crippen molar-refractivity contribution in [2.45, 2.75) is 12.8 Å². The zero-order valence-electron chi connectivity index (χ0n) is 12.1. The van der Waals surface area contributed by atoms with Crippen molar-refractivity contribution in [3.05, 3.63) is 54.6 Å². The summed E-state index contributed by atoms with van der Waals surface area (Å²) in [5, 5.41) is 20.0. The van der Waals surface area contributed by atoms with Crippen LogP contribution >= 0.6 is 0 Å². The molecule has 0 radical (unpaired) electrons. The summed E-state index contributed by atoms with van der Waals surface area (Å²) >= 11 is 0. The van der Waals surface area contributed by atoms with Crippen LogP contribution in [0.3, 0.4) is 0 Å². The molecule has 2 N–H and O–H groups in total. The Bertz CT molecular complexity index is 802. The van der Waals surface area contributed by atoms with Gasteiger partial charge in [-0.2, -0.15) is 0 Å². The van der Waals surface area contributed by atoms with Crippen molar-refractivity contribution in [1.29, 1.82) is 0 Å². The fraction of sp³-hybridized carbons (Fsp3) is 0.125. The lowest BCUT2D eigenvalue weighted by molar-refractivity contribution is -0.116. The normalized spacial score (nSPS) is 10.4. The van der Waals surface area contributed by atoms with Crippen LogP contribution in [0.15, 0.2) is 53.1 Å². The van der Waals surface area contributed by atoms with Crippen LogP contribution in [0, 0.1) is 0 Å². The molecular formula is C16H14N4O3. The number of hydrogen-bond acceptors (Lipinski definition) is 6. The van der Waals surface area contributed by atoms with Gasteiger partial charge in [-0.3, -0.25) is 4.79 Å². The molecule has 0 spiro atoms. The fourth-order valence-electron chi connectivity index (χ4n) is 1.96. The van der Waals surface area contributed by atoms with E-state index in [2.05, 4.69) is 20.5 Å². The highest BCUT2D eigenvalue weighted by Gasteiger charge is 2.11. The molecule has 23 heavy (non-hydrogen) atoms. The minimum atomic E-state index is -0.293. The largest absolute Gasteiger partial charge is 0.504 e. The predicted molar refractivity (Wildman–Crippen MR) is 82.6 cm³/mol. The summed E-state index contributed by atoms with van der Waals surface area (Å²) < 4.78 is 5.53. The second kappa shape index (κ2) is 6.69. The van der Waals surface area contributed by atoms with Crippen LogP contribution in [0.4, 0.5) is 5.82 Å². The van der Waals surface area contributed by atoms with Gasteiger partial charge in [-0.05, 0) is 24.3 Å². The van der Waals surface area contributed by atoms with Gasteiger partial charge < -0.3 is 14.8 Å². The molecule has 0 aliphatic heterocycles. The first-order valence-electron chi connectivity index (χ1n) is 7.04. The maximum absolute atomic E-state index is 11.9. The molecule has 0 bridgehead atoms. The zero-order valence-corrected chi connectivity index (χ0v) is 12.1. The molecule has 2 aromatic heterocycles. The van der Waals surface area contributed by atoms with Gasteiger partial charge in [0.1, 0.15) is 0 Å². The van der Waals surface area contributed by atoms with Crippen LogP contribution in [0.5, 0.6) is 5.75 Å². The van der Waals surface area contributed by atoms with E-state index in [1.807, 2.05) is 30.3 Å². The van der Waals surface area contributed by atoms with Crippen molar-refractivity contribution in [3.63, 3.8) is 0 Å². The average molecular weight is 310 g/mol. The fourth-order valence-corrected chi connectivity index (χ4v) is 1.96.